The Labute approximate surface area is 112 Å². The number of hydrogen-bond acceptors (Lipinski definition) is 4. The summed E-state index contributed by atoms with van der Waals surface area (Å²) in [6, 6.07) is 8.53. The molecule has 4 nitrogen and oxygen atoms in total. The summed E-state index contributed by atoms with van der Waals surface area (Å²) in [5, 5.41) is 3.86. The molecular weight excluding hydrogens is 264 g/mol. The normalized spacial score (nSPS) is 10.7. The van der Waals surface area contributed by atoms with E-state index in [0.29, 0.717) is 22.4 Å². The number of hydrogen-bond donors (Lipinski definition) is 1. The van der Waals surface area contributed by atoms with Crippen molar-refractivity contribution >= 4 is 5.88 Å². The van der Waals surface area contributed by atoms with Gasteiger partial charge in [-0.2, -0.15) is 4.39 Å². The van der Waals surface area contributed by atoms with Gasteiger partial charge in [0.1, 0.15) is 11.5 Å². The van der Waals surface area contributed by atoms with Crippen LogP contribution in [0.15, 0.2) is 47.1 Å². The van der Waals surface area contributed by atoms with Crippen molar-refractivity contribution in [2.45, 2.75) is 0 Å². The molecule has 0 radical (unpaired) electrons. The Kier molecular flexibility index (Phi) is 2.90. The third-order valence-corrected chi connectivity index (χ3v) is 2.85. The first-order chi connectivity index (χ1) is 9.65. The van der Waals surface area contributed by atoms with E-state index in [1.54, 1.807) is 18.2 Å². The van der Waals surface area contributed by atoms with E-state index in [0.717, 1.165) is 0 Å². The number of nitrogen functional groups attached to an aromatic ring is 1. The molecule has 2 heterocycles. The van der Waals surface area contributed by atoms with Crippen LogP contribution < -0.4 is 5.73 Å². The van der Waals surface area contributed by atoms with Crippen LogP contribution in [0.3, 0.4) is 0 Å². The number of benzene rings is 1. The van der Waals surface area contributed by atoms with Crippen molar-refractivity contribution in [1.82, 2.24) is 10.1 Å². The largest absolute Gasteiger partial charge is 0.367 e. The van der Waals surface area contributed by atoms with E-state index in [1.165, 1.54) is 24.4 Å². The van der Waals surface area contributed by atoms with Crippen LogP contribution in [0.1, 0.15) is 0 Å². The average Bonchev–Trinajstić information content (AvgIpc) is 2.81. The lowest BCUT2D eigenvalue weighted by atomic mass is 10.0. The van der Waals surface area contributed by atoms with Gasteiger partial charge in [-0.15, -0.1) is 0 Å². The van der Waals surface area contributed by atoms with Gasteiger partial charge in [-0.3, -0.25) is 0 Å². The number of aromatic nitrogens is 2. The van der Waals surface area contributed by atoms with Crippen molar-refractivity contribution in [2.75, 3.05) is 5.73 Å². The molecule has 3 aromatic rings. The number of anilines is 1. The molecule has 2 aromatic heterocycles. The predicted molar refractivity (Wildman–Crippen MR) is 69.5 cm³/mol. The summed E-state index contributed by atoms with van der Waals surface area (Å²) in [6.07, 6.45) is 1.32. The standard InChI is InChI=1S/C14H9F2N3O/c15-10-3-1-8(2-4-10)13-12(14(17)20-19-13)9-5-6-18-11(16)7-9/h1-7H,17H2. The van der Waals surface area contributed by atoms with Crippen LogP contribution >= 0.6 is 0 Å². The smallest absolute Gasteiger partial charge is 0.230 e. The molecule has 0 saturated heterocycles. The van der Waals surface area contributed by atoms with E-state index < -0.39 is 5.95 Å². The van der Waals surface area contributed by atoms with Crippen molar-refractivity contribution in [3.63, 3.8) is 0 Å². The fraction of sp³-hybridized carbons (Fsp3) is 0. The molecular formula is C14H9F2N3O. The zero-order valence-electron chi connectivity index (χ0n) is 10.2. The minimum absolute atomic E-state index is 0.0647. The number of halogens is 2. The molecule has 0 fully saturated rings. The van der Waals surface area contributed by atoms with Crippen molar-refractivity contribution in [3.05, 3.63) is 54.4 Å². The van der Waals surface area contributed by atoms with E-state index in [9.17, 15) is 8.78 Å². The minimum Gasteiger partial charge on any atom is -0.367 e. The van der Waals surface area contributed by atoms with E-state index in [4.69, 9.17) is 10.3 Å². The van der Waals surface area contributed by atoms with Gasteiger partial charge < -0.3 is 10.3 Å². The monoisotopic (exact) mass is 273 g/mol. The molecule has 0 saturated carbocycles. The van der Waals surface area contributed by atoms with Gasteiger partial charge in [-0.1, -0.05) is 5.16 Å². The molecule has 0 amide bonds. The van der Waals surface area contributed by atoms with Crippen molar-refractivity contribution in [3.8, 4) is 22.4 Å². The summed E-state index contributed by atoms with van der Waals surface area (Å²) < 4.78 is 31.1. The third-order valence-electron chi connectivity index (χ3n) is 2.85. The summed E-state index contributed by atoms with van der Waals surface area (Å²) in [7, 11) is 0. The molecule has 0 unspecified atom stereocenters. The highest BCUT2D eigenvalue weighted by atomic mass is 19.1. The second-order valence-corrected chi connectivity index (χ2v) is 4.14. The van der Waals surface area contributed by atoms with Crippen LogP contribution in [0, 0.1) is 11.8 Å². The first-order valence-electron chi connectivity index (χ1n) is 5.78. The Morgan fingerprint density at radius 2 is 1.75 bits per heavy atom. The second-order valence-electron chi connectivity index (χ2n) is 4.14. The Balaban J connectivity index is 2.17. The summed E-state index contributed by atoms with van der Waals surface area (Å²) in [4.78, 5) is 3.49. The van der Waals surface area contributed by atoms with Crippen molar-refractivity contribution in [1.29, 1.82) is 0 Å². The topological polar surface area (TPSA) is 64.9 Å². The van der Waals surface area contributed by atoms with Crippen LogP contribution in [0.25, 0.3) is 22.4 Å². The molecule has 0 atom stereocenters. The SMILES string of the molecule is Nc1onc(-c2ccc(F)cc2)c1-c1ccnc(F)c1. The molecule has 0 aliphatic carbocycles. The highest BCUT2D eigenvalue weighted by Crippen LogP contribution is 2.36. The predicted octanol–water partition coefficient (Wildman–Crippen LogP) is 3.26. The molecule has 1 aromatic carbocycles. The maximum atomic E-state index is 13.2. The Bertz CT molecular complexity index is 753. The van der Waals surface area contributed by atoms with Gasteiger partial charge in [0.25, 0.3) is 0 Å². The molecule has 6 heteroatoms. The molecule has 0 aliphatic rings. The molecule has 0 bridgehead atoms. The van der Waals surface area contributed by atoms with Crippen LogP contribution in [0.2, 0.25) is 0 Å². The summed E-state index contributed by atoms with van der Waals surface area (Å²) in [5.74, 6) is -0.926. The van der Waals surface area contributed by atoms with Gasteiger partial charge in [0, 0.05) is 17.8 Å². The molecule has 0 aliphatic heterocycles. The lowest BCUT2D eigenvalue weighted by Gasteiger charge is -2.02. The fourth-order valence-electron chi connectivity index (χ4n) is 1.94. The van der Waals surface area contributed by atoms with Crippen LogP contribution in [0.5, 0.6) is 0 Å². The lowest BCUT2D eigenvalue weighted by Crippen LogP contribution is -1.90. The zero-order chi connectivity index (χ0) is 14.1. The molecule has 2 N–H and O–H groups in total. The zero-order valence-corrected chi connectivity index (χ0v) is 10.2. The minimum atomic E-state index is -0.631. The molecule has 20 heavy (non-hydrogen) atoms. The Hall–Kier alpha value is -2.76. The number of rotatable bonds is 2. The van der Waals surface area contributed by atoms with Gasteiger partial charge >= 0.3 is 0 Å². The van der Waals surface area contributed by atoms with Crippen LogP contribution in [-0.2, 0) is 0 Å². The fourth-order valence-corrected chi connectivity index (χ4v) is 1.94. The first kappa shape index (κ1) is 12.3. The van der Waals surface area contributed by atoms with E-state index in [-0.39, 0.29) is 11.7 Å². The van der Waals surface area contributed by atoms with Crippen molar-refractivity contribution < 1.29 is 13.3 Å². The van der Waals surface area contributed by atoms with E-state index in [2.05, 4.69) is 10.1 Å². The van der Waals surface area contributed by atoms with Crippen molar-refractivity contribution in [2.24, 2.45) is 0 Å². The van der Waals surface area contributed by atoms with Gasteiger partial charge in [0.05, 0.1) is 5.56 Å². The second kappa shape index (κ2) is 4.73. The summed E-state index contributed by atoms with van der Waals surface area (Å²) >= 11 is 0. The third kappa shape index (κ3) is 2.11. The van der Waals surface area contributed by atoms with E-state index in [1.807, 2.05) is 0 Å². The summed E-state index contributed by atoms with van der Waals surface area (Å²) in [6.45, 7) is 0. The number of nitrogens with zero attached hydrogens (tertiary/aromatic N) is 2. The first-order valence-corrected chi connectivity index (χ1v) is 5.78. The van der Waals surface area contributed by atoms with Crippen LogP contribution in [-0.4, -0.2) is 10.1 Å². The maximum absolute atomic E-state index is 13.2. The van der Waals surface area contributed by atoms with Gasteiger partial charge in [-0.25, -0.2) is 9.37 Å². The van der Waals surface area contributed by atoms with Gasteiger partial charge in [0.2, 0.25) is 11.8 Å². The Morgan fingerprint density at radius 3 is 2.45 bits per heavy atom. The number of nitrogens with two attached hydrogens (primary N) is 1. The lowest BCUT2D eigenvalue weighted by molar-refractivity contribution is 0.439. The highest BCUT2D eigenvalue weighted by molar-refractivity contribution is 5.86. The summed E-state index contributed by atoms with van der Waals surface area (Å²) in [5.41, 5.74) is 7.75. The average molecular weight is 273 g/mol. The van der Waals surface area contributed by atoms with Crippen LogP contribution in [0.4, 0.5) is 14.7 Å². The Morgan fingerprint density at radius 1 is 1.00 bits per heavy atom. The van der Waals surface area contributed by atoms with Gasteiger partial charge in [0.15, 0.2) is 0 Å². The maximum Gasteiger partial charge on any atom is 0.230 e. The van der Waals surface area contributed by atoms with Gasteiger partial charge in [-0.05, 0) is 35.9 Å². The van der Waals surface area contributed by atoms with E-state index >= 15 is 0 Å². The molecule has 100 valence electrons. The quantitative estimate of drug-likeness (QED) is 0.728. The molecule has 0 spiro atoms. The molecule has 3 rings (SSSR count). The highest BCUT2D eigenvalue weighted by Gasteiger charge is 2.18. The number of pyridine rings is 1.